The fraction of sp³-hybridized carbons (Fsp3) is 0.250. The van der Waals surface area contributed by atoms with Crippen molar-refractivity contribution in [3.8, 4) is 5.75 Å². The molecule has 0 bridgehead atoms. The molecule has 0 unspecified atom stereocenters. The minimum Gasteiger partial charge on any atom is -0.497 e. The maximum atomic E-state index is 5.17. The number of rotatable bonds is 8. The highest BCUT2D eigenvalue weighted by Crippen LogP contribution is 2.12. The molecule has 26 heavy (non-hydrogen) atoms. The van der Waals surface area contributed by atoms with Gasteiger partial charge in [0.15, 0.2) is 5.82 Å². The van der Waals surface area contributed by atoms with E-state index >= 15 is 0 Å². The van der Waals surface area contributed by atoms with E-state index in [9.17, 15) is 0 Å². The minimum absolute atomic E-state index is 0.514. The predicted octanol–water partition coefficient (Wildman–Crippen LogP) is 3.46. The Morgan fingerprint density at radius 3 is 2.38 bits per heavy atom. The molecule has 3 rings (SSSR count). The van der Waals surface area contributed by atoms with Crippen LogP contribution in [0.4, 0.5) is 11.8 Å². The van der Waals surface area contributed by atoms with Crippen molar-refractivity contribution in [2.24, 2.45) is 0 Å². The normalized spacial score (nSPS) is 10.4. The molecule has 6 heteroatoms. The predicted molar refractivity (Wildman–Crippen MR) is 104 cm³/mol. The second kappa shape index (κ2) is 8.80. The molecular formula is C20H23N5O. The number of nitrogens with one attached hydrogen (secondary N) is 2. The van der Waals surface area contributed by atoms with Crippen LogP contribution in [0.1, 0.15) is 16.7 Å². The van der Waals surface area contributed by atoms with Crippen molar-refractivity contribution >= 4 is 11.8 Å². The second-order valence-corrected chi connectivity index (χ2v) is 6.03. The fourth-order valence-electron chi connectivity index (χ4n) is 2.48. The number of hydrogen-bond donors (Lipinski definition) is 2. The summed E-state index contributed by atoms with van der Waals surface area (Å²) in [5, 5.41) is 14.5. The van der Waals surface area contributed by atoms with Crippen LogP contribution in [-0.2, 0) is 13.0 Å². The van der Waals surface area contributed by atoms with Gasteiger partial charge in [-0.25, -0.2) is 0 Å². The van der Waals surface area contributed by atoms with Crippen LogP contribution in [0.25, 0.3) is 0 Å². The molecule has 0 saturated heterocycles. The summed E-state index contributed by atoms with van der Waals surface area (Å²) in [5.41, 5.74) is 3.66. The molecule has 0 radical (unpaired) electrons. The molecule has 1 heterocycles. The first-order chi connectivity index (χ1) is 12.7. The van der Waals surface area contributed by atoms with E-state index in [-0.39, 0.29) is 0 Å². The van der Waals surface area contributed by atoms with E-state index in [1.54, 1.807) is 13.3 Å². The summed E-state index contributed by atoms with van der Waals surface area (Å²) in [6, 6.07) is 16.4. The van der Waals surface area contributed by atoms with E-state index in [0.29, 0.717) is 18.3 Å². The van der Waals surface area contributed by atoms with Gasteiger partial charge in [0.25, 0.3) is 0 Å². The van der Waals surface area contributed by atoms with Crippen molar-refractivity contribution in [3.63, 3.8) is 0 Å². The highest BCUT2D eigenvalue weighted by Gasteiger charge is 2.01. The van der Waals surface area contributed by atoms with Gasteiger partial charge in [-0.1, -0.05) is 42.0 Å². The van der Waals surface area contributed by atoms with E-state index in [2.05, 4.69) is 69.1 Å². The van der Waals surface area contributed by atoms with Gasteiger partial charge in [0.2, 0.25) is 5.95 Å². The van der Waals surface area contributed by atoms with E-state index in [1.807, 2.05) is 12.1 Å². The highest BCUT2D eigenvalue weighted by atomic mass is 16.5. The van der Waals surface area contributed by atoms with Crippen LogP contribution < -0.4 is 15.4 Å². The molecule has 0 saturated carbocycles. The van der Waals surface area contributed by atoms with E-state index < -0.39 is 0 Å². The third-order valence-corrected chi connectivity index (χ3v) is 4.01. The summed E-state index contributed by atoms with van der Waals surface area (Å²) >= 11 is 0. The molecule has 2 aromatic carbocycles. The average molecular weight is 349 g/mol. The summed E-state index contributed by atoms with van der Waals surface area (Å²) < 4.78 is 5.17. The van der Waals surface area contributed by atoms with Crippen molar-refractivity contribution in [2.75, 3.05) is 24.3 Å². The van der Waals surface area contributed by atoms with Gasteiger partial charge in [0.1, 0.15) is 5.75 Å². The Morgan fingerprint density at radius 2 is 1.65 bits per heavy atom. The second-order valence-electron chi connectivity index (χ2n) is 6.03. The SMILES string of the molecule is COc1ccc(CCNc2cnnc(NCc3ccc(C)cc3)n2)cc1. The molecule has 1 aromatic heterocycles. The molecule has 0 spiro atoms. The molecule has 0 atom stereocenters. The van der Waals surface area contributed by atoms with Crippen molar-refractivity contribution in [1.82, 2.24) is 15.2 Å². The zero-order valence-corrected chi connectivity index (χ0v) is 15.1. The van der Waals surface area contributed by atoms with Crippen LogP contribution >= 0.6 is 0 Å². The zero-order chi connectivity index (χ0) is 18.2. The molecule has 6 nitrogen and oxygen atoms in total. The summed E-state index contributed by atoms with van der Waals surface area (Å²) in [5.74, 6) is 2.09. The number of aryl methyl sites for hydroxylation is 1. The Labute approximate surface area is 153 Å². The maximum Gasteiger partial charge on any atom is 0.244 e. The number of aromatic nitrogens is 3. The van der Waals surface area contributed by atoms with Gasteiger partial charge >= 0.3 is 0 Å². The monoisotopic (exact) mass is 349 g/mol. The lowest BCUT2D eigenvalue weighted by Gasteiger charge is -2.08. The first-order valence-corrected chi connectivity index (χ1v) is 8.59. The van der Waals surface area contributed by atoms with Gasteiger partial charge in [-0.05, 0) is 36.6 Å². The first kappa shape index (κ1) is 17.7. The van der Waals surface area contributed by atoms with Crippen LogP contribution in [0, 0.1) is 6.92 Å². The summed E-state index contributed by atoms with van der Waals surface area (Å²) in [6.07, 6.45) is 2.52. The van der Waals surface area contributed by atoms with Crippen molar-refractivity contribution < 1.29 is 4.74 Å². The Morgan fingerprint density at radius 1 is 0.923 bits per heavy atom. The molecule has 0 fully saturated rings. The minimum atomic E-state index is 0.514. The number of hydrogen-bond acceptors (Lipinski definition) is 6. The number of benzene rings is 2. The number of methoxy groups -OCH3 is 1. The Bertz CT molecular complexity index is 818. The van der Waals surface area contributed by atoms with Gasteiger partial charge in [-0.3, -0.25) is 0 Å². The first-order valence-electron chi connectivity index (χ1n) is 8.59. The smallest absolute Gasteiger partial charge is 0.244 e. The molecule has 0 aliphatic heterocycles. The topological polar surface area (TPSA) is 72.0 Å². The standard InChI is InChI=1S/C20H23N5O/c1-15-3-5-17(6-4-15)13-22-20-24-19(14-23-25-20)21-12-11-16-7-9-18(26-2)10-8-16/h3-10,14H,11-13H2,1-2H3,(H2,21,22,24,25). The lowest BCUT2D eigenvalue weighted by Crippen LogP contribution is -2.10. The average Bonchev–Trinajstić information content (AvgIpc) is 2.68. The summed E-state index contributed by atoms with van der Waals surface area (Å²) in [4.78, 5) is 4.45. The van der Waals surface area contributed by atoms with Crippen molar-refractivity contribution in [1.29, 1.82) is 0 Å². The molecule has 0 aliphatic rings. The summed E-state index contributed by atoms with van der Waals surface area (Å²) in [6.45, 7) is 3.50. The quantitative estimate of drug-likeness (QED) is 0.649. The van der Waals surface area contributed by atoms with E-state index in [4.69, 9.17) is 4.74 Å². The van der Waals surface area contributed by atoms with Gasteiger partial charge < -0.3 is 15.4 Å². The van der Waals surface area contributed by atoms with Crippen LogP contribution in [-0.4, -0.2) is 28.8 Å². The third-order valence-electron chi connectivity index (χ3n) is 4.01. The van der Waals surface area contributed by atoms with Crippen LogP contribution in [0.15, 0.2) is 54.7 Å². The van der Waals surface area contributed by atoms with Crippen LogP contribution in [0.3, 0.4) is 0 Å². The van der Waals surface area contributed by atoms with Crippen molar-refractivity contribution in [3.05, 3.63) is 71.4 Å². The Balaban J connectivity index is 1.49. The lowest BCUT2D eigenvalue weighted by molar-refractivity contribution is 0.414. The largest absolute Gasteiger partial charge is 0.497 e. The van der Waals surface area contributed by atoms with Gasteiger partial charge in [-0.15, -0.1) is 5.10 Å². The van der Waals surface area contributed by atoms with Gasteiger partial charge in [0, 0.05) is 13.1 Å². The van der Waals surface area contributed by atoms with E-state index in [1.165, 1.54) is 16.7 Å². The lowest BCUT2D eigenvalue weighted by atomic mass is 10.1. The molecule has 134 valence electrons. The molecule has 3 aromatic rings. The van der Waals surface area contributed by atoms with Crippen molar-refractivity contribution in [2.45, 2.75) is 19.9 Å². The third kappa shape index (κ3) is 5.17. The number of nitrogens with zero attached hydrogens (tertiary/aromatic N) is 3. The Hall–Kier alpha value is -3.15. The fourth-order valence-corrected chi connectivity index (χ4v) is 2.48. The van der Waals surface area contributed by atoms with Gasteiger partial charge in [0.05, 0.1) is 13.3 Å². The number of anilines is 2. The van der Waals surface area contributed by atoms with E-state index in [0.717, 1.165) is 18.7 Å². The molecule has 2 N–H and O–H groups in total. The molecule has 0 amide bonds. The summed E-state index contributed by atoms with van der Waals surface area (Å²) in [7, 11) is 1.67. The Kier molecular flexibility index (Phi) is 5.98. The maximum absolute atomic E-state index is 5.17. The number of ether oxygens (including phenoxy) is 1. The van der Waals surface area contributed by atoms with Crippen LogP contribution in [0.2, 0.25) is 0 Å². The van der Waals surface area contributed by atoms with Crippen LogP contribution in [0.5, 0.6) is 5.75 Å². The van der Waals surface area contributed by atoms with Gasteiger partial charge in [-0.2, -0.15) is 10.1 Å². The zero-order valence-electron chi connectivity index (χ0n) is 15.1. The molecular weight excluding hydrogens is 326 g/mol. The molecule has 0 aliphatic carbocycles. The highest BCUT2D eigenvalue weighted by molar-refractivity contribution is 5.38.